The van der Waals surface area contributed by atoms with Gasteiger partial charge in [-0.25, -0.2) is 9.97 Å². The molecule has 0 unspecified atom stereocenters. The van der Waals surface area contributed by atoms with E-state index in [9.17, 15) is 10.1 Å². The summed E-state index contributed by atoms with van der Waals surface area (Å²) in [5.41, 5.74) is 2.30. The van der Waals surface area contributed by atoms with Gasteiger partial charge in [-0.3, -0.25) is 9.69 Å². The third-order valence-electron chi connectivity index (χ3n) is 6.25. The molecule has 1 fully saturated rings. The molecule has 0 spiro atoms. The quantitative estimate of drug-likeness (QED) is 0.693. The fourth-order valence-corrected chi connectivity index (χ4v) is 4.36. The number of aryl methyl sites for hydroxylation is 1. The van der Waals surface area contributed by atoms with Gasteiger partial charge in [-0.2, -0.15) is 5.26 Å². The van der Waals surface area contributed by atoms with Crippen molar-refractivity contribution < 1.29 is 4.79 Å². The normalized spacial score (nSPS) is 16.8. The zero-order chi connectivity index (χ0) is 23.1. The lowest BCUT2D eigenvalue weighted by Gasteiger charge is -2.28. The molecule has 3 rings (SSSR count). The van der Waals surface area contributed by atoms with Gasteiger partial charge in [0.25, 0.3) is 0 Å². The first kappa shape index (κ1) is 24.2. The summed E-state index contributed by atoms with van der Waals surface area (Å²) in [6.07, 6.45) is 7.76. The van der Waals surface area contributed by atoms with E-state index in [0.29, 0.717) is 6.42 Å². The van der Waals surface area contributed by atoms with Crippen LogP contribution >= 0.6 is 0 Å². The number of fused-ring (bicyclic) bond motifs is 1. The van der Waals surface area contributed by atoms with Crippen LogP contribution in [0, 0.1) is 16.7 Å². The summed E-state index contributed by atoms with van der Waals surface area (Å²) in [5, 5.41) is 10.3. The highest BCUT2D eigenvalue weighted by Gasteiger charge is 2.19. The fourth-order valence-electron chi connectivity index (χ4n) is 4.36. The zero-order valence-corrected chi connectivity index (χ0v) is 20.2. The Bertz CT molecular complexity index is 952. The van der Waals surface area contributed by atoms with Crippen LogP contribution in [-0.4, -0.2) is 56.4 Å². The predicted octanol–water partition coefficient (Wildman–Crippen LogP) is 4.35. The molecular weight excluding hydrogens is 400 g/mol. The molecule has 1 aliphatic heterocycles. The van der Waals surface area contributed by atoms with Crippen LogP contribution in [0.15, 0.2) is 12.3 Å². The number of rotatable bonds is 5. The van der Waals surface area contributed by atoms with Gasteiger partial charge in [0.15, 0.2) is 0 Å². The van der Waals surface area contributed by atoms with Crippen molar-refractivity contribution in [3.63, 3.8) is 0 Å². The molecule has 32 heavy (non-hydrogen) atoms. The molecule has 2 aromatic heterocycles. The smallest absolute Gasteiger partial charge is 0.234 e. The molecule has 0 N–H and O–H groups in total. The van der Waals surface area contributed by atoms with E-state index >= 15 is 0 Å². The van der Waals surface area contributed by atoms with Crippen molar-refractivity contribution in [3.8, 4) is 6.07 Å². The number of carbonyl (C=O) groups excluding carboxylic acids is 1. The summed E-state index contributed by atoms with van der Waals surface area (Å²) in [6.45, 7) is 14.2. The second-order valence-corrected chi connectivity index (χ2v) is 10.1. The molecule has 174 valence electrons. The Labute approximate surface area is 192 Å². The zero-order valence-electron chi connectivity index (χ0n) is 20.2. The van der Waals surface area contributed by atoms with Gasteiger partial charge in [-0.05, 0) is 43.7 Å². The first-order valence-electron chi connectivity index (χ1n) is 12.1. The van der Waals surface area contributed by atoms with Crippen LogP contribution in [0.25, 0.3) is 11.0 Å². The van der Waals surface area contributed by atoms with Crippen LogP contribution in [-0.2, 0) is 17.9 Å². The average molecular weight is 439 g/mol. The van der Waals surface area contributed by atoms with Crippen molar-refractivity contribution >= 4 is 16.9 Å². The van der Waals surface area contributed by atoms with Gasteiger partial charge in [0.05, 0.1) is 0 Å². The standard InChI is InChI=1S/C25H38N6O/c1-5-23(32)30-13-8-6-7-11-29(12-9-14-30)19-21-16-20-18-27-22(17-26)28-24(20)31(21)15-10-25(2,3)4/h16,18H,5-15,19H2,1-4H3. The third-order valence-corrected chi connectivity index (χ3v) is 6.25. The van der Waals surface area contributed by atoms with Gasteiger partial charge in [0.2, 0.25) is 11.7 Å². The van der Waals surface area contributed by atoms with Crippen LogP contribution < -0.4 is 0 Å². The highest BCUT2D eigenvalue weighted by molar-refractivity contribution is 5.77. The molecule has 0 aliphatic carbocycles. The summed E-state index contributed by atoms with van der Waals surface area (Å²) in [6, 6.07) is 4.26. The van der Waals surface area contributed by atoms with E-state index in [2.05, 4.69) is 52.3 Å². The van der Waals surface area contributed by atoms with Crippen molar-refractivity contribution in [3.05, 3.63) is 23.8 Å². The Kier molecular flexibility index (Phi) is 8.25. The van der Waals surface area contributed by atoms with Crippen molar-refractivity contribution in [2.45, 2.75) is 79.3 Å². The topological polar surface area (TPSA) is 78.1 Å². The highest BCUT2D eigenvalue weighted by atomic mass is 16.2. The van der Waals surface area contributed by atoms with Crippen molar-refractivity contribution in [2.24, 2.45) is 5.41 Å². The van der Waals surface area contributed by atoms with Gasteiger partial charge in [-0.1, -0.05) is 34.1 Å². The van der Waals surface area contributed by atoms with Crippen molar-refractivity contribution in [1.82, 2.24) is 24.3 Å². The second kappa shape index (κ2) is 10.9. The number of aromatic nitrogens is 3. The Hall–Kier alpha value is -2.46. The molecule has 1 aliphatic rings. The van der Waals surface area contributed by atoms with E-state index in [1.165, 1.54) is 5.69 Å². The lowest BCUT2D eigenvalue weighted by atomic mass is 9.92. The minimum atomic E-state index is 0.213. The van der Waals surface area contributed by atoms with E-state index < -0.39 is 0 Å². The molecule has 0 aromatic carbocycles. The molecule has 1 amide bonds. The van der Waals surface area contributed by atoms with Crippen LogP contribution in [0.3, 0.4) is 0 Å². The largest absolute Gasteiger partial charge is 0.343 e. The Morgan fingerprint density at radius 3 is 2.56 bits per heavy atom. The Balaban J connectivity index is 1.80. The number of nitrogens with zero attached hydrogens (tertiary/aromatic N) is 6. The first-order valence-corrected chi connectivity index (χ1v) is 12.1. The molecule has 0 radical (unpaired) electrons. The second-order valence-electron chi connectivity index (χ2n) is 10.1. The Morgan fingerprint density at radius 2 is 1.84 bits per heavy atom. The number of carbonyl (C=O) groups is 1. The number of nitriles is 1. The van der Waals surface area contributed by atoms with E-state index in [4.69, 9.17) is 0 Å². The first-order chi connectivity index (χ1) is 15.3. The Morgan fingerprint density at radius 1 is 1.12 bits per heavy atom. The molecule has 3 heterocycles. The van der Waals surface area contributed by atoms with Crippen molar-refractivity contribution in [1.29, 1.82) is 5.26 Å². The number of hydrogen-bond donors (Lipinski definition) is 0. The minimum Gasteiger partial charge on any atom is -0.343 e. The molecule has 7 heteroatoms. The van der Waals surface area contributed by atoms with Gasteiger partial charge in [0, 0.05) is 56.4 Å². The molecule has 0 atom stereocenters. The predicted molar refractivity (Wildman–Crippen MR) is 127 cm³/mol. The maximum Gasteiger partial charge on any atom is 0.234 e. The summed E-state index contributed by atoms with van der Waals surface area (Å²) in [7, 11) is 0. The summed E-state index contributed by atoms with van der Waals surface area (Å²) in [5.74, 6) is 0.491. The number of amides is 1. The maximum atomic E-state index is 12.2. The van der Waals surface area contributed by atoms with Crippen LogP contribution in [0.2, 0.25) is 0 Å². The lowest BCUT2D eigenvalue weighted by molar-refractivity contribution is -0.131. The van der Waals surface area contributed by atoms with Gasteiger partial charge >= 0.3 is 0 Å². The van der Waals surface area contributed by atoms with E-state index in [1.54, 1.807) is 6.20 Å². The molecular formula is C25H38N6O. The maximum absolute atomic E-state index is 12.2. The lowest BCUT2D eigenvalue weighted by Crippen LogP contribution is -2.36. The van der Waals surface area contributed by atoms with Crippen LogP contribution in [0.4, 0.5) is 0 Å². The van der Waals surface area contributed by atoms with E-state index in [0.717, 1.165) is 82.4 Å². The minimum absolute atomic E-state index is 0.213. The average Bonchev–Trinajstić information content (AvgIpc) is 3.11. The molecule has 0 saturated carbocycles. The summed E-state index contributed by atoms with van der Waals surface area (Å²) in [4.78, 5) is 25.5. The van der Waals surface area contributed by atoms with Gasteiger partial charge in [0.1, 0.15) is 11.7 Å². The molecule has 7 nitrogen and oxygen atoms in total. The SMILES string of the molecule is CCC(=O)N1CCCCCN(Cc2cc3cnc(C#N)nc3n2CCC(C)(C)C)CCC1. The van der Waals surface area contributed by atoms with E-state index in [-0.39, 0.29) is 17.1 Å². The van der Waals surface area contributed by atoms with Crippen molar-refractivity contribution in [2.75, 3.05) is 26.2 Å². The van der Waals surface area contributed by atoms with Crippen LogP contribution in [0.1, 0.15) is 77.7 Å². The fraction of sp³-hybridized carbons (Fsp3) is 0.680. The van der Waals surface area contributed by atoms with E-state index in [1.807, 2.05) is 11.8 Å². The van der Waals surface area contributed by atoms with Crippen LogP contribution in [0.5, 0.6) is 0 Å². The summed E-state index contributed by atoms with van der Waals surface area (Å²) >= 11 is 0. The molecule has 1 saturated heterocycles. The third kappa shape index (κ3) is 6.52. The monoisotopic (exact) mass is 438 g/mol. The highest BCUT2D eigenvalue weighted by Crippen LogP contribution is 2.25. The molecule has 0 bridgehead atoms. The van der Waals surface area contributed by atoms with Gasteiger partial charge in [-0.15, -0.1) is 0 Å². The number of hydrogen-bond acceptors (Lipinski definition) is 5. The summed E-state index contributed by atoms with van der Waals surface area (Å²) < 4.78 is 2.29. The molecule has 2 aromatic rings. The van der Waals surface area contributed by atoms with Gasteiger partial charge < -0.3 is 9.47 Å².